The number of nitrogens with zero attached hydrogens (tertiary/aromatic N) is 15. The highest BCUT2D eigenvalue weighted by Crippen LogP contribution is 2.28. The van der Waals surface area contributed by atoms with Gasteiger partial charge in [-0.25, -0.2) is 0 Å². The van der Waals surface area contributed by atoms with Crippen molar-refractivity contribution in [2.75, 3.05) is 131 Å². The minimum atomic E-state index is 0.119. The van der Waals surface area contributed by atoms with Crippen molar-refractivity contribution >= 4 is 172 Å². The molecule has 29 heteroatoms. The number of rotatable bonds is 26. The number of unbranched alkanes of at least 4 members (excludes halogenated alkanes) is 1. The fourth-order valence-corrected chi connectivity index (χ4v) is 11.2. The molecule has 1 aliphatic rings. The molecule has 0 unspecified atom stereocenters. The summed E-state index contributed by atoms with van der Waals surface area (Å²) in [5.74, 6) is 3.06. The normalized spacial score (nSPS) is 11.9. The zero-order valence-corrected chi connectivity index (χ0v) is 56.6. The number of pyridine rings is 4. The fraction of sp³-hybridized carbons (Fsp3) is 0.308. The second-order valence-corrected chi connectivity index (χ2v) is 23.8. The van der Waals surface area contributed by atoms with Gasteiger partial charge >= 0.3 is 0 Å². The summed E-state index contributed by atoms with van der Waals surface area (Å²) in [6.07, 6.45) is 12.7. The van der Waals surface area contributed by atoms with Crippen LogP contribution >= 0.6 is 69.6 Å². The average molecular weight is 1390 g/mol. The van der Waals surface area contributed by atoms with Gasteiger partial charge in [0.2, 0.25) is 51.5 Å². The molecule has 23 nitrogen and oxygen atoms in total. The van der Waals surface area contributed by atoms with Crippen LogP contribution in [0.15, 0.2) is 122 Å². The van der Waals surface area contributed by atoms with E-state index in [2.05, 4.69) is 137 Å². The standard InChI is InChI=1S/C26H25Cl2N9.C21H25Cl2N7.C18H21Cl2N7/c1-16-2-4-18-20(6-8-29-22(18)14-16)31-10-12-33-25-35-24(28)36-26(37-25)34-13-11-32-21-7-9-30-23-15-17(27)3-5-19(21)23;22-15-6-7-16-17(8-11-25-18(16)14-15)24-9-2-3-10-26-20-27-19(23)28-21(29-20)30-12-4-1-5-13-30;1-3-27(4-2)18-25-16(20)24-17(26-18)23-10-9-22-14-7-8-21-15-11-12(19)5-6-13(14)15/h2-9,14-15H,10-13H2,1H3,(H,29,31)(H,30,32)(H2,33,34,35,36,37);6-8,11,14H,1-5,9-10,12-13H2,(H,24,25)(H,26,27,28,29);5-8,11H,3-4,9-10H2,1-2H3,(H,21,22)(H,23,24,25,26). The van der Waals surface area contributed by atoms with Gasteiger partial charge < -0.3 is 52.3 Å². The van der Waals surface area contributed by atoms with Gasteiger partial charge in [-0.05, 0) is 178 Å². The highest BCUT2D eigenvalue weighted by atomic mass is 35.5. The van der Waals surface area contributed by atoms with E-state index in [1.807, 2.05) is 104 Å². The first-order valence-electron chi connectivity index (χ1n) is 31.0. The van der Waals surface area contributed by atoms with Gasteiger partial charge in [-0.3, -0.25) is 19.9 Å². The van der Waals surface area contributed by atoms with Crippen molar-refractivity contribution in [3.05, 3.63) is 158 Å². The summed E-state index contributed by atoms with van der Waals surface area (Å²) in [6, 6.07) is 31.2. The summed E-state index contributed by atoms with van der Waals surface area (Å²) in [5, 5.41) is 33.3. The first-order valence-corrected chi connectivity index (χ1v) is 33.2. The topological polar surface area (TPSA) is 270 Å². The van der Waals surface area contributed by atoms with E-state index in [0.717, 1.165) is 118 Å². The van der Waals surface area contributed by atoms with E-state index in [1.165, 1.54) is 24.8 Å². The quantitative estimate of drug-likeness (QED) is 0.0234. The van der Waals surface area contributed by atoms with E-state index in [9.17, 15) is 0 Å². The van der Waals surface area contributed by atoms with E-state index >= 15 is 0 Å². The van der Waals surface area contributed by atoms with Crippen molar-refractivity contribution in [2.45, 2.75) is 52.9 Å². The summed E-state index contributed by atoms with van der Waals surface area (Å²) in [7, 11) is 0. The molecule has 8 N–H and O–H groups in total. The minimum Gasteiger partial charge on any atom is -0.384 e. The molecule has 1 saturated heterocycles. The SMILES string of the molecule is CCN(CC)c1nc(Cl)nc(NCCNc2ccnc3cc(Cl)ccc23)n1.Cc1ccc2c(NCCNc3nc(Cl)nc(NCCNc4ccnc5cc(Cl)ccc45)n3)ccnc2c1.Clc1ccc2c(NCCCCNc3nc(Cl)nc(N4CCCCC4)n3)ccnc2c1. The maximum Gasteiger partial charge on any atom is 0.231 e. The third-order valence-electron chi connectivity index (χ3n) is 14.9. The lowest BCUT2D eigenvalue weighted by atomic mass is 10.1. The van der Waals surface area contributed by atoms with E-state index in [4.69, 9.17) is 69.6 Å². The molecule has 0 aliphatic carbocycles. The number of anilines is 10. The van der Waals surface area contributed by atoms with Gasteiger partial charge in [-0.2, -0.15) is 44.9 Å². The van der Waals surface area contributed by atoms with E-state index in [0.29, 0.717) is 90.0 Å². The molecule has 0 spiro atoms. The first-order chi connectivity index (χ1) is 45.8. The van der Waals surface area contributed by atoms with Gasteiger partial charge in [0.05, 0.1) is 22.1 Å². The molecule has 11 aromatic rings. The number of fused-ring (bicyclic) bond motifs is 4. The molecule has 12 rings (SSSR count). The number of aryl methyl sites for hydroxylation is 1. The van der Waals surface area contributed by atoms with Crippen molar-refractivity contribution < 1.29 is 0 Å². The van der Waals surface area contributed by atoms with Crippen molar-refractivity contribution in [1.82, 2.24) is 64.8 Å². The van der Waals surface area contributed by atoms with Crippen molar-refractivity contribution in [2.24, 2.45) is 0 Å². The minimum absolute atomic E-state index is 0.119. The Labute approximate surface area is 574 Å². The molecule has 0 amide bonds. The van der Waals surface area contributed by atoms with Crippen LogP contribution in [-0.2, 0) is 0 Å². The number of aromatic nitrogens is 13. The van der Waals surface area contributed by atoms with E-state index in [1.54, 1.807) is 18.6 Å². The Morgan fingerprint density at radius 1 is 0.372 bits per heavy atom. The van der Waals surface area contributed by atoms with Crippen LogP contribution in [0.5, 0.6) is 0 Å². The summed E-state index contributed by atoms with van der Waals surface area (Å²) in [5.41, 5.74) is 8.81. The molecule has 1 fully saturated rings. The lowest BCUT2D eigenvalue weighted by molar-refractivity contribution is 0.567. The van der Waals surface area contributed by atoms with Crippen LogP contribution in [0.1, 0.15) is 51.5 Å². The second-order valence-electron chi connectivity index (χ2n) is 21.5. The average Bonchev–Trinajstić information content (AvgIpc) is 1.14. The lowest BCUT2D eigenvalue weighted by Crippen LogP contribution is -2.31. The zero-order valence-electron chi connectivity index (χ0n) is 52.0. The summed E-state index contributed by atoms with van der Waals surface area (Å²) < 4.78 is 0. The molecule has 1 aliphatic heterocycles. The molecular formula is C65H71Cl6N23. The Morgan fingerprint density at radius 3 is 1.19 bits per heavy atom. The molecule has 0 radical (unpaired) electrons. The summed E-state index contributed by atoms with van der Waals surface area (Å²) >= 11 is 36.4. The molecule has 7 aromatic heterocycles. The number of hydrogen-bond acceptors (Lipinski definition) is 23. The lowest BCUT2D eigenvalue weighted by Gasteiger charge is -2.26. The van der Waals surface area contributed by atoms with Crippen LogP contribution in [0.4, 0.5) is 58.4 Å². The van der Waals surface area contributed by atoms with Gasteiger partial charge in [0, 0.05) is 163 Å². The van der Waals surface area contributed by atoms with Crippen LogP contribution in [-0.4, -0.2) is 143 Å². The molecule has 94 heavy (non-hydrogen) atoms. The molecular weight excluding hydrogens is 1320 g/mol. The second kappa shape index (κ2) is 34.4. The Bertz CT molecular complexity index is 4190. The number of halogens is 6. The molecule has 8 heterocycles. The third-order valence-corrected chi connectivity index (χ3v) is 16.1. The maximum absolute atomic E-state index is 6.13. The van der Waals surface area contributed by atoms with Crippen LogP contribution in [0.25, 0.3) is 43.6 Å². The number of piperidine rings is 1. The summed E-state index contributed by atoms with van der Waals surface area (Å²) in [6.45, 7) is 15.1. The van der Waals surface area contributed by atoms with Gasteiger partial charge in [-0.1, -0.05) is 46.9 Å². The van der Waals surface area contributed by atoms with Gasteiger partial charge in [0.15, 0.2) is 0 Å². The van der Waals surface area contributed by atoms with Gasteiger partial charge in [-0.15, -0.1) is 0 Å². The van der Waals surface area contributed by atoms with Gasteiger partial charge in [0.25, 0.3) is 0 Å². The summed E-state index contributed by atoms with van der Waals surface area (Å²) in [4.78, 5) is 60.3. The monoisotopic (exact) mass is 1380 g/mol. The van der Waals surface area contributed by atoms with E-state index < -0.39 is 0 Å². The number of hydrogen-bond donors (Lipinski definition) is 8. The first kappa shape index (κ1) is 68.2. The molecule has 0 saturated carbocycles. The largest absolute Gasteiger partial charge is 0.384 e. The Balaban J connectivity index is 0.000000156. The number of nitrogens with one attached hydrogen (secondary N) is 8. The van der Waals surface area contributed by atoms with Crippen LogP contribution in [0, 0.1) is 6.92 Å². The van der Waals surface area contributed by atoms with Crippen LogP contribution < -0.4 is 52.3 Å². The zero-order chi connectivity index (χ0) is 65.6. The van der Waals surface area contributed by atoms with Crippen molar-refractivity contribution in [3.63, 3.8) is 0 Å². The van der Waals surface area contributed by atoms with Crippen molar-refractivity contribution in [3.8, 4) is 0 Å². The molecule has 4 aromatic carbocycles. The third kappa shape index (κ3) is 19.7. The molecule has 0 atom stereocenters. The van der Waals surface area contributed by atoms with Crippen molar-refractivity contribution in [1.29, 1.82) is 0 Å². The predicted octanol–water partition coefficient (Wildman–Crippen LogP) is 14.7. The highest BCUT2D eigenvalue weighted by Gasteiger charge is 2.17. The predicted molar refractivity (Wildman–Crippen MR) is 388 cm³/mol. The Morgan fingerprint density at radius 2 is 0.734 bits per heavy atom. The Hall–Kier alpha value is -8.71. The fourth-order valence-electron chi connectivity index (χ4n) is 10.3. The van der Waals surface area contributed by atoms with E-state index in [-0.39, 0.29) is 15.9 Å². The van der Waals surface area contributed by atoms with Crippen LogP contribution in [0.2, 0.25) is 30.9 Å². The maximum atomic E-state index is 6.13. The molecule has 0 bridgehead atoms. The van der Waals surface area contributed by atoms with Gasteiger partial charge in [0.1, 0.15) is 0 Å². The van der Waals surface area contributed by atoms with Crippen LogP contribution in [0.3, 0.4) is 0 Å². The smallest absolute Gasteiger partial charge is 0.231 e. The number of benzene rings is 4. The molecule has 488 valence electrons. The Kier molecular flexibility index (Phi) is 25.0. The highest BCUT2D eigenvalue weighted by molar-refractivity contribution is 6.32.